The zero-order valence-electron chi connectivity index (χ0n) is 17.6. The number of hydrogen-bond donors (Lipinski definition) is 0. The van der Waals surface area contributed by atoms with E-state index in [1.54, 1.807) is 0 Å². The van der Waals surface area contributed by atoms with Crippen LogP contribution >= 0.6 is 0 Å². The number of Topliss-reactive ketones (excluding diaryl/α,β-unsaturated/α-hetero) is 1. The highest BCUT2D eigenvalue weighted by Crippen LogP contribution is 2.31. The Morgan fingerprint density at radius 3 is 2.50 bits per heavy atom. The molecule has 34 heavy (non-hydrogen) atoms. The zero-order chi connectivity index (χ0) is 24.5. The molecular formula is C22H18F4N4O3S. The minimum Gasteiger partial charge on any atom is -0.299 e. The second kappa shape index (κ2) is 9.16. The van der Waals surface area contributed by atoms with E-state index in [4.69, 9.17) is 0 Å². The van der Waals surface area contributed by atoms with E-state index in [-0.39, 0.29) is 52.3 Å². The van der Waals surface area contributed by atoms with Crippen LogP contribution in [0.1, 0.15) is 35.6 Å². The van der Waals surface area contributed by atoms with Crippen molar-refractivity contribution in [2.45, 2.75) is 42.9 Å². The monoisotopic (exact) mass is 494 g/mol. The molecule has 3 aromatic rings. The van der Waals surface area contributed by atoms with E-state index in [0.29, 0.717) is 24.7 Å². The normalized spacial score (nSPS) is 14.2. The molecule has 7 nitrogen and oxygen atoms in total. The molecule has 1 aromatic carbocycles. The predicted molar refractivity (Wildman–Crippen MR) is 113 cm³/mol. The minimum absolute atomic E-state index is 0.0549. The van der Waals surface area contributed by atoms with Crippen molar-refractivity contribution in [3.05, 3.63) is 71.4 Å². The van der Waals surface area contributed by atoms with Crippen molar-refractivity contribution in [1.29, 1.82) is 0 Å². The molecule has 1 fully saturated rings. The van der Waals surface area contributed by atoms with Gasteiger partial charge in [0.05, 0.1) is 29.0 Å². The maximum Gasteiger partial charge on any atom is 0.434 e. The number of halogens is 4. The van der Waals surface area contributed by atoms with Crippen LogP contribution in [0.4, 0.5) is 17.6 Å². The van der Waals surface area contributed by atoms with Crippen molar-refractivity contribution in [3.63, 3.8) is 0 Å². The molecule has 0 bridgehead atoms. The lowest BCUT2D eigenvalue weighted by Crippen LogP contribution is -2.14. The maximum atomic E-state index is 14.6. The molecule has 0 saturated heterocycles. The van der Waals surface area contributed by atoms with Crippen LogP contribution in [0.2, 0.25) is 0 Å². The van der Waals surface area contributed by atoms with E-state index in [2.05, 4.69) is 19.9 Å². The van der Waals surface area contributed by atoms with E-state index in [1.165, 1.54) is 24.4 Å². The number of carbonyl (C=O) groups is 1. The molecule has 0 unspecified atom stereocenters. The molecule has 0 aliphatic heterocycles. The fourth-order valence-electron chi connectivity index (χ4n) is 3.30. The Morgan fingerprint density at radius 1 is 1.06 bits per heavy atom. The van der Waals surface area contributed by atoms with Crippen molar-refractivity contribution in [2.75, 3.05) is 0 Å². The molecular weight excluding hydrogens is 476 g/mol. The molecule has 1 saturated carbocycles. The lowest BCUT2D eigenvalue weighted by Gasteiger charge is -2.09. The predicted octanol–water partition coefficient (Wildman–Crippen LogP) is 3.52. The highest BCUT2D eigenvalue weighted by molar-refractivity contribution is 7.91. The molecule has 4 rings (SSSR count). The molecule has 0 atom stereocenters. The Hall–Kier alpha value is -3.28. The fraction of sp³-hybridized carbons (Fsp3) is 0.318. The SMILES string of the molecule is O=C(Cc1ccnc(CS(=O)(=O)C2CC2)n1)Cc1ccc(-c2cncc(C(F)(F)F)n2)cc1F. The molecule has 0 spiro atoms. The lowest BCUT2D eigenvalue weighted by atomic mass is 10.0. The first-order chi connectivity index (χ1) is 16.0. The first-order valence-electron chi connectivity index (χ1n) is 10.2. The minimum atomic E-state index is -4.68. The van der Waals surface area contributed by atoms with Gasteiger partial charge in [0.25, 0.3) is 0 Å². The van der Waals surface area contributed by atoms with Gasteiger partial charge in [0.15, 0.2) is 15.5 Å². The van der Waals surface area contributed by atoms with Gasteiger partial charge in [0.2, 0.25) is 0 Å². The Balaban J connectivity index is 1.43. The summed E-state index contributed by atoms with van der Waals surface area (Å²) in [7, 11) is -3.31. The van der Waals surface area contributed by atoms with Crippen molar-refractivity contribution in [1.82, 2.24) is 19.9 Å². The quantitative estimate of drug-likeness (QED) is 0.442. The second-order valence-corrected chi connectivity index (χ2v) is 10.2. The highest BCUT2D eigenvalue weighted by Gasteiger charge is 2.36. The van der Waals surface area contributed by atoms with Crippen LogP contribution in [0, 0.1) is 5.82 Å². The van der Waals surface area contributed by atoms with Crippen LogP contribution in [0.15, 0.2) is 42.9 Å². The number of aromatic nitrogens is 4. The third kappa shape index (κ3) is 5.79. The molecule has 178 valence electrons. The van der Waals surface area contributed by atoms with Gasteiger partial charge in [-0.05, 0) is 30.5 Å². The van der Waals surface area contributed by atoms with E-state index in [1.807, 2.05) is 0 Å². The van der Waals surface area contributed by atoms with Gasteiger partial charge in [-0.3, -0.25) is 9.78 Å². The number of nitrogens with zero attached hydrogens (tertiary/aromatic N) is 4. The van der Waals surface area contributed by atoms with Gasteiger partial charge in [-0.25, -0.2) is 27.8 Å². The summed E-state index contributed by atoms with van der Waals surface area (Å²) in [6, 6.07) is 5.15. The van der Waals surface area contributed by atoms with Crippen LogP contribution < -0.4 is 0 Å². The molecule has 0 N–H and O–H groups in total. The Kier molecular flexibility index (Phi) is 6.43. The summed E-state index contributed by atoms with van der Waals surface area (Å²) >= 11 is 0. The molecule has 12 heteroatoms. The molecule has 0 amide bonds. The number of sulfone groups is 1. The van der Waals surface area contributed by atoms with Crippen LogP contribution in [-0.4, -0.2) is 39.4 Å². The maximum absolute atomic E-state index is 14.6. The molecule has 1 aliphatic carbocycles. The third-order valence-corrected chi connectivity index (χ3v) is 7.31. The van der Waals surface area contributed by atoms with Crippen molar-refractivity contribution in [3.8, 4) is 11.3 Å². The summed E-state index contributed by atoms with van der Waals surface area (Å²) in [5.74, 6) is -1.34. The van der Waals surface area contributed by atoms with Crippen molar-refractivity contribution >= 4 is 15.6 Å². The first kappa shape index (κ1) is 23.9. The topological polar surface area (TPSA) is 103 Å². The summed E-state index contributed by atoms with van der Waals surface area (Å²) < 4.78 is 77.3. The van der Waals surface area contributed by atoms with Gasteiger partial charge < -0.3 is 0 Å². The largest absolute Gasteiger partial charge is 0.434 e. The summed E-state index contributed by atoms with van der Waals surface area (Å²) in [5.41, 5.74) is -0.888. The third-order valence-electron chi connectivity index (χ3n) is 5.17. The first-order valence-corrected chi connectivity index (χ1v) is 11.9. The summed E-state index contributed by atoms with van der Waals surface area (Å²) in [6.07, 6.45) is -0.816. The average Bonchev–Trinajstić information content (AvgIpc) is 3.61. The highest BCUT2D eigenvalue weighted by atomic mass is 32.2. The number of alkyl halides is 3. The van der Waals surface area contributed by atoms with Gasteiger partial charge in [0, 0.05) is 24.6 Å². The molecule has 2 aromatic heterocycles. The van der Waals surface area contributed by atoms with Crippen molar-refractivity contribution in [2.24, 2.45) is 0 Å². The van der Waals surface area contributed by atoms with E-state index in [9.17, 15) is 30.8 Å². The van der Waals surface area contributed by atoms with Crippen molar-refractivity contribution < 1.29 is 30.8 Å². The van der Waals surface area contributed by atoms with Gasteiger partial charge in [-0.2, -0.15) is 13.2 Å². The molecule has 1 aliphatic rings. The van der Waals surface area contributed by atoms with E-state index < -0.39 is 27.5 Å². The lowest BCUT2D eigenvalue weighted by molar-refractivity contribution is -0.141. The second-order valence-electron chi connectivity index (χ2n) is 7.96. The van der Waals surface area contributed by atoms with E-state index >= 15 is 0 Å². The number of hydrogen-bond acceptors (Lipinski definition) is 7. The summed E-state index contributed by atoms with van der Waals surface area (Å²) in [4.78, 5) is 27.5. The number of ketones is 1. The number of benzene rings is 1. The Labute approximate surface area is 192 Å². The molecule has 2 heterocycles. The van der Waals surface area contributed by atoms with Crippen LogP contribution in [0.5, 0.6) is 0 Å². The Bertz CT molecular complexity index is 1340. The molecule has 0 radical (unpaired) electrons. The van der Waals surface area contributed by atoms with E-state index in [0.717, 1.165) is 12.3 Å². The smallest absolute Gasteiger partial charge is 0.299 e. The number of carbonyl (C=O) groups excluding carboxylic acids is 1. The van der Waals surface area contributed by atoms with Crippen LogP contribution in [0.25, 0.3) is 11.3 Å². The van der Waals surface area contributed by atoms with Crippen LogP contribution in [-0.2, 0) is 39.4 Å². The van der Waals surface area contributed by atoms with Gasteiger partial charge in [0.1, 0.15) is 23.2 Å². The van der Waals surface area contributed by atoms with Gasteiger partial charge in [-0.1, -0.05) is 12.1 Å². The van der Waals surface area contributed by atoms with Crippen LogP contribution in [0.3, 0.4) is 0 Å². The zero-order valence-corrected chi connectivity index (χ0v) is 18.4. The number of rotatable bonds is 8. The summed E-state index contributed by atoms with van der Waals surface area (Å²) in [5, 5.41) is -0.353. The van der Waals surface area contributed by atoms with Gasteiger partial charge >= 0.3 is 6.18 Å². The fourth-order valence-corrected chi connectivity index (χ4v) is 4.89. The Morgan fingerprint density at radius 2 is 1.82 bits per heavy atom. The van der Waals surface area contributed by atoms with Gasteiger partial charge in [-0.15, -0.1) is 0 Å². The summed E-state index contributed by atoms with van der Waals surface area (Å²) in [6.45, 7) is 0. The standard InChI is InChI=1S/C22H18F4N4O3S/c23-18-8-14(19-10-27-11-20(30-19)22(24,25)26)2-1-13(18)7-16(31)9-15-5-6-28-21(29-15)12-34(32,33)17-3-4-17/h1-2,5-6,8,10-11,17H,3-4,7,9,12H2. The average molecular weight is 494 g/mol.